The molecule has 1 amide bonds. The molecule has 80 valence electrons. The lowest BCUT2D eigenvalue weighted by molar-refractivity contribution is -0.139. The first-order valence-electron chi connectivity index (χ1n) is 4.35. The van der Waals surface area contributed by atoms with E-state index in [-0.39, 0.29) is 18.4 Å². The summed E-state index contributed by atoms with van der Waals surface area (Å²) in [6.45, 7) is 1.15. The van der Waals surface area contributed by atoms with Gasteiger partial charge in [0.1, 0.15) is 0 Å². The molecular formula is C7H10ClNO4S. The van der Waals surface area contributed by atoms with Crippen LogP contribution in [0.5, 0.6) is 0 Å². The molecule has 2 rings (SSSR count). The van der Waals surface area contributed by atoms with Gasteiger partial charge in [0.25, 0.3) is 0 Å². The summed E-state index contributed by atoms with van der Waals surface area (Å²) >= 11 is 0. The molecule has 2 atom stereocenters. The second kappa shape index (κ2) is 3.36. The SMILES string of the molecule is O=C1CC(C2CCOC2)N1S(=O)(=O)Cl. The van der Waals surface area contributed by atoms with Crippen molar-refractivity contribution in [1.82, 2.24) is 4.31 Å². The first-order valence-corrected chi connectivity index (χ1v) is 6.61. The van der Waals surface area contributed by atoms with Crippen LogP contribution in [-0.4, -0.2) is 37.9 Å². The van der Waals surface area contributed by atoms with Crippen LogP contribution in [0.3, 0.4) is 0 Å². The van der Waals surface area contributed by atoms with Crippen LogP contribution in [0.25, 0.3) is 0 Å². The van der Waals surface area contributed by atoms with Gasteiger partial charge in [0, 0.05) is 29.6 Å². The predicted molar refractivity (Wildman–Crippen MR) is 48.9 cm³/mol. The Morgan fingerprint density at radius 3 is 2.64 bits per heavy atom. The van der Waals surface area contributed by atoms with E-state index in [0.717, 1.165) is 10.7 Å². The number of ether oxygens (including phenoxy) is 1. The Morgan fingerprint density at radius 1 is 1.50 bits per heavy atom. The number of amides is 1. The Morgan fingerprint density at radius 2 is 2.21 bits per heavy atom. The maximum absolute atomic E-state index is 11.1. The third kappa shape index (κ3) is 1.62. The summed E-state index contributed by atoms with van der Waals surface area (Å²) in [5.74, 6) is -0.307. The first-order chi connectivity index (χ1) is 6.50. The van der Waals surface area contributed by atoms with Crippen LogP contribution >= 0.6 is 10.7 Å². The highest BCUT2D eigenvalue weighted by atomic mass is 35.7. The second-order valence-electron chi connectivity index (χ2n) is 3.53. The van der Waals surface area contributed by atoms with Crippen molar-refractivity contribution in [2.45, 2.75) is 18.9 Å². The van der Waals surface area contributed by atoms with Crippen molar-refractivity contribution in [1.29, 1.82) is 0 Å². The second-order valence-corrected chi connectivity index (χ2v) is 5.91. The summed E-state index contributed by atoms with van der Waals surface area (Å²) in [4.78, 5) is 11.1. The summed E-state index contributed by atoms with van der Waals surface area (Å²) in [6.07, 6.45) is 1.06. The monoisotopic (exact) mass is 239 g/mol. The topological polar surface area (TPSA) is 63.7 Å². The van der Waals surface area contributed by atoms with E-state index in [9.17, 15) is 13.2 Å². The molecule has 2 saturated heterocycles. The molecule has 0 aliphatic carbocycles. The highest BCUT2D eigenvalue weighted by Gasteiger charge is 2.48. The zero-order valence-electron chi connectivity index (χ0n) is 7.35. The van der Waals surface area contributed by atoms with E-state index in [2.05, 4.69) is 0 Å². The van der Waals surface area contributed by atoms with Gasteiger partial charge in [-0.1, -0.05) is 0 Å². The third-order valence-corrected chi connectivity index (χ3v) is 4.07. The fourth-order valence-electron chi connectivity index (χ4n) is 1.92. The Balaban J connectivity index is 2.11. The molecule has 2 unspecified atom stereocenters. The average Bonchev–Trinajstić information content (AvgIpc) is 2.47. The van der Waals surface area contributed by atoms with Crippen molar-refractivity contribution in [2.75, 3.05) is 13.2 Å². The molecule has 2 aliphatic rings. The molecule has 2 heterocycles. The fourth-order valence-corrected chi connectivity index (χ4v) is 3.35. The lowest BCUT2D eigenvalue weighted by atomic mass is 9.91. The highest BCUT2D eigenvalue weighted by molar-refractivity contribution is 8.12. The van der Waals surface area contributed by atoms with Crippen molar-refractivity contribution in [2.24, 2.45) is 5.92 Å². The number of halogens is 1. The van der Waals surface area contributed by atoms with E-state index in [1.54, 1.807) is 0 Å². The molecule has 0 aromatic rings. The minimum Gasteiger partial charge on any atom is -0.381 e. The van der Waals surface area contributed by atoms with Gasteiger partial charge in [0.15, 0.2) is 0 Å². The first kappa shape index (κ1) is 10.2. The van der Waals surface area contributed by atoms with Crippen LogP contribution < -0.4 is 0 Å². The van der Waals surface area contributed by atoms with Crippen LogP contribution in [0.1, 0.15) is 12.8 Å². The molecule has 14 heavy (non-hydrogen) atoms. The molecule has 7 heteroatoms. The van der Waals surface area contributed by atoms with Crippen molar-refractivity contribution in [3.05, 3.63) is 0 Å². The zero-order chi connectivity index (χ0) is 10.3. The van der Waals surface area contributed by atoms with Crippen molar-refractivity contribution >= 4 is 25.8 Å². The number of β-lactam (4-membered cyclic amide) rings is 1. The van der Waals surface area contributed by atoms with Gasteiger partial charge in [0.2, 0.25) is 5.91 Å². The summed E-state index contributed by atoms with van der Waals surface area (Å²) < 4.78 is 27.9. The van der Waals surface area contributed by atoms with Crippen LogP contribution in [0, 0.1) is 5.92 Å². The lowest BCUT2D eigenvalue weighted by Gasteiger charge is -2.40. The van der Waals surface area contributed by atoms with Crippen molar-refractivity contribution < 1.29 is 17.9 Å². The van der Waals surface area contributed by atoms with Crippen LogP contribution in [0.2, 0.25) is 0 Å². The van der Waals surface area contributed by atoms with E-state index in [4.69, 9.17) is 15.4 Å². The van der Waals surface area contributed by atoms with E-state index in [0.29, 0.717) is 13.2 Å². The Hall–Kier alpha value is -0.330. The van der Waals surface area contributed by atoms with Gasteiger partial charge in [-0.05, 0) is 6.42 Å². The maximum atomic E-state index is 11.1. The normalized spacial score (nSPS) is 33.2. The molecule has 0 N–H and O–H groups in total. The van der Waals surface area contributed by atoms with E-state index < -0.39 is 15.1 Å². The van der Waals surface area contributed by atoms with Gasteiger partial charge in [0.05, 0.1) is 12.6 Å². The minimum absolute atomic E-state index is 0.112. The smallest absolute Gasteiger partial charge is 0.324 e. The molecule has 0 saturated carbocycles. The Labute approximate surface area is 86.5 Å². The lowest BCUT2D eigenvalue weighted by Crippen LogP contribution is -2.57. The van der Waals surface area contributed by atoms with Gasteiger partial charge in [-0.2, -0.15) is 8.42 Å². The van der Waals surface area contributed by atoms with Gasteiger partial charge in [-0.25, -0.2) is 4.31 Å². The van der Waals surface area contributed by atoms with Crippen molar-refractivity contribution in [3.63, 3.8) is 0 Å². The number of nitrogens with zero attached hydrogens (tertiary/aromatic N) is 1. The van der Waals surface area contributed by atoms with Gasteiger partial charge in [-0.15, -0.1) is 0 Å². The molecule has 0 aromatic carbocycles. The summed E-state index contributed by atoms with van der Waals surface area (Å²) in [6, 6.07) is -0.285. The Kier molecular flexibility index (Phi) is 2.45. The summed E-state index contributed by atoms with van der Waals surface area (Å²) in [7, 11) is 1.24. The minimum atomic E-state index is -3.90. The maximum Gasteiger partial charge on any atom is 0.324 e. The van der Waals surface area contributed by atoms with E-state index >= 15 is 0 Å². The van der Waals surface area contributed by atoms with Crippen LogP contribution in [-0.2, 0) is 18.8 Å². The third-order valence-electron chi connectivity index (χ3n) is 2.67. The van der Waals surface area contributed by atoms with Gasteiger partial charge >= 0.3 is 9.24 Å². The molecular weight excluding hydrogens is 230 g/mol. The molecule has 2 fully saturated rings. The number of carbonyl (C=O) groups excluding carboxylic acids is 1. The quantitative estimate of drug-likeness (QED) is 0.507. The number of hydrogen-bond acceptors (Lipinski definition) is 4. The molecule has 2 aliphatic heterocycles. The summed E-state index contributed by atoms with van der Waals surface area (Å²) in [5, 5.41) is 0. The molecule has 0 aromatic heterocycles. The van der Waals surface area contributed by atoms with Crippen LogP contribution in [0.15, 0.2) is 0 Å². The number of hydrogen-bond donors (Lipinski definition) is 0. The van der Waals surface area contributed by atoms with Gasteiger partial charge in [-0.3, -0.25) is 4.79 Å². The average molecular weight is 240 g/mol. The summed E-state index contributed by atoms with van der Waals surface area (Å²) in [5.41, 5.74) is 0. The largest absolute Gasteiger partial charge is 0.381 e. The van der Waals surface area contributed by atoms with E-state index in [1.165, 1.54) is 0 Å². The molecule has 0 bridgehead atoms. The Bertz CT molecular complexity index is 349. The highest BCUT2D eigenvalue weighted by Crippen LogP contribution is 2.34. The van der Waals surface area contributed by atoms with Gasteiger partial charge < -0.3 is 4.74 Å². The van der Waals surface area contributed by atoms with E-state index in [1.807, 2.05) is 0 Å². The number of carbonyl (C=O) groups is 1. The molecule has 0 spiro atoms. The zero-order valence-corrected chi connectivity index (χ0v) is 8.92. The van der Waals surface area contributed by atoms with Crippen molar-refractivity contribution in [3.8, 4) is 0 Å². The standard InChI is InChI=1S/C7H10ClNO4S/c8-14(11,12)9-6(3-7(9)10)5-1-2-13-4-5/h5-6H,1-4H2. The van der Waals surface area contributed by atoms with Crippen LogP contribution in [0.4, 0.5) is 0 Å². The fraction of sp³-hybridized carbons (Fsp3) is 0.857. The number of rotatable bonds is 2. The molecule has 0 radical (unpaired) electrons. The molecule has 5 nitrogen and oxygen atoms in total. The predicted octanol–water partition coefficient (Wildman–Crippen LogP) is 0.107.